The number of phenolic OH excluding ortho intramolecular Hbond substituents is 1. The average Bonchev–Trinajstić information content (AvgIpc) is 2.65. The molecule has 30 heavy (non-hydrogen) atoms. The molecule has 0 saturated carbocycles. The lowest BCUT2D eigenvalue weighted by molar-refractivity contribution is 0.477. The first-order valence-electron chi connectivity index (χ1n) is 8.75. The van der Waals surface area contributed by atoms with Gasteiger partial charge in [-0.15, -0.1) is 5.11 Å². The number of benzene rings is 3. The van der Waals surface area contributed by atoms with Gasteiger partial charge in [0.1, 0.15) is 11.4 Å². The van der Waals surface area contributed by atoms with Crippen molar-refractivity contribution in [2.24, 2.45) is 10.2 Å². The fourth-order valence-corrected chi connectivity index (χ4v) is 4.49. The zero-order valence-electron chi connectivity index (χ0n) is 16.0. The van der Waals surface area contributed by atoms with Crippen LogP contribution in [0.5, 0.6) is 5.75 Å². The summed E-state index contributed by atoms with van der Waals surface area (Å²) in [7, 11) is -7.99. The van der Waals surface area contributed by atoms with Crippen LogP contribution < -0.4 is 4.72 Å². The van der Waals surface area contributed by atoms with Crippen molar-refractivity contribution in [1.82, 2.24) is 4.72 Å². The Morgan fingerprint density at radius 2 is 1.50 bits per heavy atom. The van der Waals surface area contributed by atoms with E-state index >= 15 is 0 Å². The van der Waals surface area contributed by atoms with E-state index in [1.807, 2.05) is 0 Å². The first kappa shape index (κ1) is 21.8. The number of nitrogens with one attached hydrogen (secondary N) is 1. The molecule has 3 aromatic carbocycles. The Morgan fingerprint density at radius 3 is 2.10 bits per heavy atom. The molecule has 0 fully saturated rings. The number of phenols is 1. The molecule has 3 N–H and O–H groups in total. The Labute approximate surface area is 173 Å². The first-order chi connectivity index (χ1) is 14.0. The van der Waals surface area contributed by atoms with Gasteiger partial charge >= 0.3 is 0 Å². The Hall–Kier alpha value is -2.86. The predicted molar refractivity (Wildman–Crippen MR) is 112 cm³/mol. The normalized spacial score (nSPS) is 12.8. The molecule has 0 aliphatic heterocycles. The maximum absolute atomic E-state index is 12.2. The number of hydrogen-bond donors (Lipinski definition) is 3. The molecule has 0 unspecified atom stereocenters. The summed E-state index contributed by atoms with van der Waals surface area (Å²) in [5.41, 5.74) is 0.456. The molecule has 0 amide bonds. The van der Waals surface area contributed by atoms with Crippen LogP contribution in [-0.4, -0.2) is 32.5 Å². The van der Waals surface area contributed by atoms with Crippen molar-refractivity contribution < 1.29 is 26.5 Å². The first-order valence-corrected chi connectivity index (χ1v) is 11.7. The van der Waals surface area contributed by atoms with Crippen LogP contribution >= 0.6 is 0 Å². The van der Waals surface area contributed by atoms with Crippen molar-refractivity contribution in [2.75, 3.05) is 0 Å². The van der Waals surface area contributed by atoms with Crippen LogP contribution in [0.4, 0.5) is 11.4 Å². The van der Waals surface area contributed by atoms with Crippen LogP contribution in [0.15, 0.2) is 74.6 Å². The van der Waals surface area contributed by atoms with Gasteiger partial charge in [0, 0.05) is 11.4 Å². The summed E-state index contributed by atoms with van der Waals surface area (Å²) in [6.45, 7) is 3.44. The van der Waals surface area contributed by atoms with Gasteiger partial charge in [0.05, 0.1) is 15.5 Å². The SMILES string of the molecule is CC(C)NS(=O)(=O)c1ccc(N=Nc2c(O)ccc3cc(S(=O)(=O)O)ccc23)cc1. The van der Waals surface area contributed by atoms with E-state index in [1.54, 1.807) is 13.8 Å². The van der Waals surface area contributed by atoms with Gasteiger partial charge in [0.2, 0.25) is 10.0 Å². The zero-order chi connectivity index (χ0) is 22.1. The molecule has 0 aliphatic rings. The lowest BCUT2D eigenvalue weighted by Gasteiger charge is -2.09. The van der Waals surface area contributed by atoms with E-state index in [1.165, 1.54) is 54.6 Å². The Morgan fingerprint density at radius 1 is 0.867 bits per heavy atom. The number of aromatic hydroxyl groups is 1. The highest BCUT2D eigenvalue weighted by molar-refractivity contribution is 7.89. The smallest absolute Gasteiger partial charge is 0.294 e. The molecule has 0 radical (unpaired) electrons. The number of azo groups is 1. The van der Waals surface area contributed by atoms with E-state index in [-0.39, 0.29) is 27.3 Å². The maximum atomic E-state index is 12.2. The minimum Gasteiger partial charge on any atom is -0.506 e. The van der Waals surface area contributed by atoms with Gasteiger partial charge in [-0.05, 0) is 61.7 Å². The number of sulfonamides is 1. The van der Waals surface area contributed by atoms with Crippen molar-refractivity contribution in [2.45, 2.75) is 29.7 Å². The van der Waals surface area contributed by atoms with Gasteiger partial charge < -0.3 is 5.11 Å². The summed E-state index contributed by atoms with van der Waals surface area (Å²) >= 11 is 0. The highest BCUT2D eigenvalue weighted by Gasteiger charge is 2.15. The standard InChI is InChI=1S/C19H19N3O6S2/c1-12(2)22-29(24,25)15-6-4-14(5-7-15)20-21-19-17-9-8-16(30(26,27)28)11-13(17)3-10-18(19)23/h3-12,22-23H,1-2H3,(H,26,27,28). The van der Waals surface area contributed by atoms with Crippen molar-refractivity contribution in [3.63, 3.8) is 0 Å². The lowest BCUT2D eigenvalue weighted by Crippen LogP contribution is -2.30. The van der Waals surface area contributed by atoms with Crippen LogP contribution in [0.2, 0.25) is 0 Å². The maximum Gasteiger partial charge on any atom is 0.294 e. The van der Waals surface area contributed by atoms with E-state index in [4.69, 9.17) is 0 Å². The van der Waals surface area contributed by atoms with Crippen molar-refractivity contribution >= 4 is 42.3 Å². The summed E-state index contributed by atoms with van der Waals surface area (Å²) in [6.07, 6.45) is 0. The summed E-state index contributed by atoms with van der Waals surface area (Å²) in [6, 6.07) is 12.1. The third-order valence-electron chi connectivity index (χ3n) is 4.04. The Bertz CT molecular complexity index is 1330. The van der Waals surface area contributed by atoms with Crippen LogP contribution in [0.1, 0.15) is 13.8 Å². The minimum absolute atomic E-state index is 0.0842. The van der Waals surface area contributed by atoms with Gasteiger partial charge in [0.15, 0.2) is 0 Å². The van der Waals surface area contributed by atoms with Crippen LogP contribution in [0.3, 0.4) is 0 Å². The highest BCUT2D eigenvalue weighted by Crippen LogP contribution is 2.37. The molecule has 9 nitrogen and oxygen atoms in total. The fourth-order valence-electron chi connectivity index (χ4n) is 2.72. The molecule has 158 valence electrons. The third kappa shape index (κ3) is 4.82. The van der Waals surface area contributed by atoms with Crippen molar-refractivity contribution in [3.05, 3.63) is 54.6 Å². The second kappa shape index (κ2) is 8.11. The number of nitrogens with zero attached hydrogens (tertiary/aromatic N) is 2. The molecule has 0 saturated heterocycles. The summed E-state index contributed by atoms with van der Waals surface area (Å²) in [5.74, 6) is -0.175. The molecule has 0 atom stereocenters. The number of rotatable bonds is 6. The third-order valence-corrected chi connectivity index (χ3v) is 6.57. The summed E-state index contributed by atoms with van der Waals surface area (Å²) in [4.78, 5) is -0.198. The molecule has 0 aromatic heterocycles. The Kier molecular flexibility index (Phi) is 5.90. The van der Waals surface area contributed by atoms with E-state index in [2.05, 4.69) is 15.0 Å². The van der Waals surface area contributed by atoms with Crippen molar-refractivity contribution in [1.29, 1.82) is 0 Å². The summed E-state index contributed by atoms with van der Waals surface area (Å²) < 4.78 is 58.6. The van der Waals surface area contributed by atoms with E-state index in [0.29, 0.717) is 16.5 Å². The highest BCUT2D eigenvalue weighted by atomic mass is 32.2. The molecule has 3 rings (SSSR count). The molecule has 0 heterocycles. The van der Waals surface area contributed by atoms with Gasteiger partial charge in [-0.2, -0.15) is 13.5 Å². The zero-order valence-corrected chi connectivity index (χ0v) is 17.6. The van der Waals surface area contributed by atoms with E-state index < -0.39 is 20.1 Å². The quantitative estimate of drug-likeness (QED) is 0.384. The predicted octanol–water partition coefficient (Wildman–Crippen LogP) is 3.89. The largest absolute Gasteiger partial charge is 0.506 e. The van der Waals surface area contributed by atoms with Crippen LogP contribution in [-0.2, 0) is 20.1 Å². The second-order valence-electron chi connectivity index (χ2n) is 6.76. The molecule has 3 aromatic rings. The summed E-state index contributed by atoms with van der Waals surface area (Å²) in [5, 5.41) is 19.1. The Balaban J connectivity index is 1.95. The van der Waals surface area contributed by atoms with Crippen LogP contribution in [0, 0.1) is 0 Å². The van der Waals surface area contributed by atoms with Gasteiger partial charge in [-0.3, -0.25) is 4.55 Å². The molecule has 0 spiro atoms. The molecule has 0 bridgehead atoms. The number of fused-ring (bicyclic) bond motifs is 1. The second-order valence-corrected chi connectivity index (χ2v) is 9.90. The molecular formula is C19H19N3O6S2. The topological polar surface area (TPSA) is 145 Å². The van der Waals surface area contributed by atoms with Crippen LogP contribution in [0.25, 0.3) is 10.8 Å². The molecule has 11 heteroatoms. The fraction of sp³-hybridized carbons (Fsp3) is 0.158. The lowest BCUT2D eigenvalue weighted by atomic mass is 10.1. The van der Waals surface area contributed by atoms with Gasteiger partial charge in [-0.25, -0.2) is 13.1 Å². The monoisotopic (exact) mass is 449 g/mol. The van der Waals surface area contributed by atoms with E-state index in [0.717, 1.165) is 0 Å². The van der Waals surface area contributed by atoms with E-state index in [9.17, 15) is 26.5 Å². The minimum atomic E-state index is -4.37. The van der Waals surface area contributed by atoms with Gasteiger partial charge in [0.25, 0.3) is 10.1 Å². The molecule has 0 aliphatic carbocycles. The van der Waals surface area contributed by atoms with Crippen molar-refractivity contribution in [3.8, 4) is 5.75 Å². The number of hydrogen-bond acceptors (Lipinski definition) is 7. The molecular weight excluding hydrogens is 430 g/mol. The van der Waals surface area contributed by atoms with Gasteiger partial charge in [-0.1, -0.05) is 12.1 Å². The average molecular weight is 450 g/mol.